The third kappa shape index (κ3) is 4.75. The minimum atomic E-state index is -0.489. The van der Waals surface area contributed by atoms with Crippen LogP contribution in [0.5, 0.6) is 0 Å². The lowest BCUT2D eigenvalue weighted by molar-refractivity contribution is -0.116. The summed E-state index contributed by atoms with van der Waals surface area (Å²) in [7, 11) is 0. The van der Waals surface area contributed by atoms with E-state index < -0.39 is 23.1 Å². The SMILES string of the molecule is Cc1cc(=O)n(CC(=O)Nc2ccc(F)cc2)c(Nc2cccc(F)c2)n1. The van der Waals surface area contributed by atoms with Crippen molar-refractivity contribution < 1.29 is 13.6 Å². The molecule has 3 aromatic rings. The Balaban J connectivity index is 1.84. The molecular formula is C19H16F2N4O2. The van der Waals surface area contributed by atoms with E-state index in [0.717, 1.165) is 4.57 Å². The first kappa shape index (κ1) is 18.2. The van der Waals surface area contributed by atoms with E-state index in [1.54, 1.807) is 13.0 Å². The van der Waals surface area contributed by atoms with E-state index in [0.29, 0.717) is 17.1 Å². The summed E-state index contributed by atoms with van der Waals surface area (Å²) in [5, 5.41) is 5.43. The first-order valence-electron chi connectivity index (χ1n) is 8.07. The Morgan fingerprint density at radius 3 is 2.48 bits per heavy atom. The lowest BCUT2D eigenvalue weighted by Crippen LogP contribution is -2.30. The van der Waals surface area contributed by atoms with Gasteiger partial charge in [0.25, 0.3) is 5.56 Å². The molecule has 8 heteroatoms. The van der Waals surface area contributed by atoms with Gasteiger partial charge in [-0.05, 0) is 49.4 Å². The molecule has 1 heterocycles. The summed E-state index contributed by atoms with van der Waals surface area (Å²) in [4.78, 5) is 28.8. The average molecular weight is 370 g/mol. The Morgan fingerprint density at radius 2 is 1.78 bits per heavy atom. The van der Waals surface area contributed by atoms with Crippen molar-refractivity contribution in [1.82, 2.24) is 9.55 Å². The highest BCUT2D eigenvalue weighted by Crippen LogP contribution is 2.15. The molecule has 0 fully saturated rings. The van der Waals surface area contributed by atoms with Gasteiger partial charge in [0.15, 0.2) is 0 Å². The lowest BCUT2D eigenvalue weighted by atomic mass is 10.3. The standard InChI is InChI=1S/C19H16F2N4O2/c1-12-9-18(27)25(11-17(26)23-15-7-5-13(20)6-8-15)19(22-12)24-16-4-2-3-14(21)10-16/h2-10H,11H2,1H3,(H,22,24)(H,23,26). The number of amides is 1. The number of aromatic nitrogens is 2. The molecule has 1 aromatic heterocycles. The van der Waals surface area contributed by atoms with Crippen molar-refractivity contribution in [2.75, 3.05) is 10.6 Å². The summed E-state index contributed by atoms with van der Waals surface area (Å²) in [5.74, 6) is -1.25. The van der Waals surface area contributed by atoms with E-state index in [9.17, 15) is 18.4 Å². The third-order valence-corrected chi connectivity index (χ3v) is 3.65. The quantitative estimate of drug-likeness (QED) is 0.723. The average Bonchev–Trinajstić information content (AvgIpc) is 2.60. The van der Waals surface area contributed by atoms with Crippen molar-refractivity contribution in [1.29, 1.82) is 0 Å². The Morgan fingerprint density at radius 1 is 1.04 bits per heavy atom. The molecule has 0 unspecified atom stereocenters. The molecule has 0 spiro atoms. The fourth-order valence-electron chi connectivity index (χ4n) is 2.44. The third-order valence-electron chi connectivity index (χ3n) is 3.65. The van der Waals surface area contributed by atoms with Gasteiger partial charge in [0.2, 0.25) is 11.9 Å². The highest BCUT2D eigenvalue weighted by Gasteiger charge is 2.12. The van der Waals surface area contributed by atoms with Crippen molar-refractivity contribution in [2.24, 2.45) is 0 Å². The number of carbonyl (C=O) groups excluding carboxylic acids is 1. The number of anilines is 3. The molecule has 0 aliphatic rings. The zero-order valence-corrected chi connectivity index (χ0v) is 14.4. The van der Waals surface area contributed by atoms with Crippen molar-refractivity contribution in [3.05, 3.63) is 82.3 Å². The summed E-state index contributed by atoms with van der Waals surface area (Å²) in [6.45, 7) is 1.32. The molecule has 0 aliphatic carbocycles. The van der Waals surface area contributed by atoms with Crippen molar-refractivity contribution >= 4 is 23.2 Å². The molecule has 0 atom stereocenters. The van der Waals surface area contributed by atoms with E-state index in [-0.39, 0.29) is 12.5 Å². The zero-order chi connectivity index (χ0) is 19.4. The highest BCUT2D eigenvalue weighted by atomic mass is 19.1. The second-order valence-electron chi connectivity index (χ2n) is 5.84. The van der Waals surface area contributed by atoms with Crippen LogP contribution in [0.3, 0.4) is 0 Å². The van der Waals surface area contributed by atoms with Gasteiger partial charge in [-0.25, -0.2) is 13.8 Å². The minimum Gasteiger partial charge on any atom is -0.325 e. The maximum Gasteiger partial charge on any atom is 0.255 e. The Hall–Kier alpha value is -3.55. The predicted molar refractivity (Wildman–Crippen MR) is 97.9 cm³/mol. The summed E-state index contributed by atoms with van der Waals surface area (Å²) in [6.07, 6.45) is 0. The number of nitrogens with zero attached hydrogens (tertiary/aromatic N) is 2. The summed E-state index contributed by atoms with van der Waals surface area (Å²) in [6, 6.07) is 12.2. The second kappa shape index (κ2) is 7.77. The van der Waals surface area contributed by atoms with E-state index in [2.05, 4.69) is 15.6 Å². The molecule has 0 saturated heterocycles. The van der Waals surface area contributed by atoms with Crippen LogP contribution in [0.2, 0.25) is 0 Å². The predicted octanol–water partition coefficient (Wildman–Crippen LogP) is 3.21. The molecule has 2 N–H and O–H groups in total. The van der Waals surface area contributed by atoms with E-state index >= 15 is 0 Å². The number of halogens is 2. The Labute approximate surface area is 153 Å². The number of aryl methyl sites for hydroxylation is 1. The normalized spacial score (nSPS) is 10.5. The van der Waals surface area contributed by atoms with Gasteiger partial charge in [-0.15, -0.1) is 0 Å². The number of rotatable bonds is 5. The molecule has 3 rings (SSSR count). The van der Waals surface area contributed by atoms with Crippen molar-refractivity contribution in [2.45, 2.75) is 13.5 Å². The molecule has 0 aliphatic heterocycles. The summed E-state index contributed by atoms with van der Waals surface area (Å²) in [5.41, 5.74) is 0.805. The number of hydrogen-bond donors (Lipinski definition) is 2. The lowest BCUT2D eigenvalue weighted by Gasteiger charge is -2.14. The molecular weight excluding hydrogens is 354 g/mol. The van der Waals surface area contributed by atoms with Gasteiger partial charge < -0.3 is 10.6 Å². The maximum atomic E-state index is 13.4. The number of nitrogens with one attached hydrogen (secondary N) is 2. The molecule has 138 valence electrons. The highest BCUT2D eigenvalue weighted by molar-refractivity contribution is 5.90. The van der Waals surface area contributed by atoms with Gasteiger partial charge in [0, 0.05) is 23.1 Å². The van der Waals surface area contributed by atoms with Crippen LogP contribution in [0.25, 0.3) is 0 Å². The summed E-state index contributed by atoms with van der Waals surface area (Å²) >= 11 is 0. The topological polar surface area (TPSA) is 76.0 Å². The maximum absolute atomic E-state index is 13.4. The monoisotopic (exact) mass is 370 g/mol. The smallest absolute Gasteiger partial charge is 0.255 e. The van der Waals surface area contributed by atoms with E-state index in [1.165, 1.54) is 48.5 Å². The molecule has 2 aromatic carbocycles. The van der Waals surface area contributed by atoms with Gasteiger partial charge in [-0.3, -0.25) is 14.2 Å². The number of benzene rings is 2. The van der Waals surface area contributed by atoms with Gasteiger partial charge >= 0.3 is 0 Å². The Kier molecular flexibility index (Phi) is 5.25. The first-order valence-corrected chi connectivity index (χ1v) is 8.07. The fraction of sp³-hybridized carbons (Fsp3) is 0.105. The van der Waals surface area contributed by atoms with Crippen LogP contribution >= 0.6 is 0 Å². The van der Waals surface area contributed by atoms with E-state index in [1.807, 2.05) is 0 Å². The first-order chi connectivity index (χ1) is 12.9. The fourth-order valence-corrected chi connectivity index (χ4v) is 2.44. The van der Waals surface area contributed by atoms with E-state index in [4.69, 9.17) is 0 Å². The molecule has 1 amide bonds. The number of carbonyl (C=O) groups is 1. The second-order valence-corrected chi connectivity index (χ2v) is 5.84. The van der Waals surface area contributed by atoms with Crippen molar-refractivity contribution in [3.8, 4) is 0 Å². The van der Waals surface area contributed by atoms with Crippen LogP contribution in [0.15, 0.2) is 59.4 Å². The Bertz CT molecular complexity index is 1030. The number of hydrogen-bond acceptors (Lipinski definition) is 4. The zero-order valence-electron chi connectivity index (χ0n) is 14.4. The minimum absolute atomic E-state index is 0.111. The van der Waals surface area contributed by atoms with Gasteiger partial charge in [-0.1, -0.05) is 6.07 Å². The van der Waals surface area contributed by atoms with Crippen LogP contribution < -0.4 is 16.2 Å². The molecule has 0 bridgehead atoms. The van der Waals surface area contributed by atoms with Crippen LogP contribution in [-0.4, -0.2) is 15.5 Å². The van der Waals surface area contributed by atoms with Crippen LogP contribution in [0.4, 0.5) is 26.1 Å². The van der Waals surface area contributed by atoms with Gasteiger partial charge in [0.1, 0.15) is 18.2 Å². The largest absolute Gasteiger partial charge is 0.325 e. The van der Waals surface area contributed by atoms with Gasteiger partial charge in [-0.2, -0.15) is 0 Å². The molecule has 0 radical (unpaired) electrons. The van der Waals surface area contributed by atoms with Crippen LogP contribution in [0, 0.1) is 18.6 Å². The summed E-state index contributed by atoms with van der Waals surface area (Å²) < 4.78 is 27.5. The molecule has 6 nitrogen and oxygen atoms in total. The van der Waals surface area contributed by atoms with Gasteiger partial charge in [0.05, 0.1) is 0 Å². The van der Waals surface area contributed by atoms with Crippen LogP contribution in [-0.2, 0) is 11.3 Å². The molecule has 0 saturated carbocycles. The van der Waals surface area contributed by atoms with Crippen molar-refractivity contribution in [3.63, 3.8) is 0 Å². The molecule has 27 heavy (non-hydrogen) atoms. The van der Waals surface area contributed by atoms with Crippen LogP contribution in [0.1, 0.15) is 5.69 Å².